The number of phenolic OH excluding ortho intramolecular Hbond substituents is 1. The quantitative estimate of drug-likeness (QED) is 0.683. The van der Waals surface area contributed by atoms with Crippen LogP contribution in [0.15, 0.2) is 22.7 Å². The molecule has 1 aromatic carbocycles. The molecule has 21 heavy (non-hydrogen) atoms. The molecule has 0 radical (unpaired) electrons. The van der Waals surface area contributed by atoms with E-state index < -0.39 is 5.60 Å². The van der Waals surface area contributed by atoms with Crippen LogP contribution in [0.3, 0.4) is 0 Å². The first kappa shape index (κ1) is 17.8. The Morgan fingerprint density at radius 3 is 2.67 bits per heavy atom. The fraction of sp³-hybridized carbons (Fsp3) is 0.533. The van der Waals surface area contributed by atoms with Crippen LogP contribution in [-0.4, -0.2) is 29.9 Å². The van der Waals surface area contributed by atoms with Crippen molar-refractivity contribution in [1.29, 1.82) is 0 Å². The molecule has 1 aromatic rings. The zero-order valence-electron chi connectivity index (χ0n) is 12.7. The molecule has 0 atom stereocenters. The van der Waals surface area contributed by atoms with Crippen LogP contribution in [0.25, 0.3) is 0 Å². The average Bonchev–Trinajstić information content (AvgIpc) is 2.35. The van der Waals surface area contributed by atoms with Gasteiger partial charge in [0.05, 0.1) is 4.47 Å². The molecule has 5 nitrogen and oxygen atoms in total. The fourth-order valence-electron chi connectivity index (χ4n) is 1.61. The highest BCUT2D eigenvalue weighted by atomic mass is 79.9. The number of hydrogen-bond donors (Lipinski definition) is 3. The molecule has 6 heteroatoms. The van der Waals surface area contributed by atoms with Crippen LogP contribution >= 0.6 is 15.9 Å². The first-order valence-electron chi connectivity index (χ1n) is 6.93. The minimum absolute atomic E-state index is 0.236. The Hall–Kier alpha value is -1.27. The maximum absolute atomic E-state index is 11.4. The van der Waals surface area contributed by atoms with E-state index in [1.54, 1.807) is 6.07 Å². The lowest BCUT2D eigenvalue weighted by Crippen LogP contribution is -2.33. The van der Waals surface area contributed by atoms with Crippen molar-refractivity contribution in [3.63, 3.8) is 0 Å². The number of carbonyl (C=O) groups excluding carboxylic acids is 1. The summed E-state index contributed by atoms with van der Waals surface area (Å²) >= 11 is 3.28. The molecule has 1 amide bonds. The molecule has 3 N–H and O–H groups in total. The number of amides is 1. The van der Waals surface area contributed by atoms with Gasteiger partial charge in [0.25, 0.3) is 0 Å². The first-order chi connectivity index (χ1) is 9.78. The van der Waals surface area contributed by atoms with Gasteiger partial charge in [0.15, 0.2) is 0 Å². The number of hydrogen-bond acceptors (Lipinski definition) is 4. The minimum Gasteiger partial charge on any atom is -0.507 e. The van der Waals surface area contributed by atoms with Crippen molar-refractivity contribution in [2.75, 3.05) is 13.1 Å². The third kappa shape index (κ3) is 7.92. The van der Waals surface area contributed by atoms with Gasteiger partial charge in [-0.05, 0) is 67.4 Å². The van der Waals surface area contributed by atoms with E-state index in [4.69, 9.17) is 4.74 Å². The molecular weight excluding hydrogens is 336 g/mol. The fourth-order valence-corrected chi connectivity index (χ4v) is 2.04. The molecule has 0 aliphatic rings. The zero-order chi connectivity index (χ0) is 15.9. The summed E-state index contributed by atoms with van der Waals surface area (Å²) in [6.45, 7) is 7.58. The number of alkyl carbamates (subject to hydrolysis) is 1. The third-order valence-electron chi connectivity index (χ3n) is 2.54. The molecule has 0 heterocycles. The van der Waals surface area contributed by atoms with Crippen LogP contribution in [0.5, 0.6) is 5.75 Å². The number of carbonyl (C=O) groups is 1. The van der Waals surface area contributed by atoms with Crippen molar-refractivity contribution in [1.82, 2.24) is 10.6 Å². The van der Waals surface area contributed by atoms with Crippen LogP contribution in [0.1, 0.15) is 32.8 Å². The average molecular weight is 359 g/mol. The van der Waals surface area contributed by atoms with Gasteiger partial charge in [-0.1, -0.05) is 6.07 Å². The summed E-state index contributed by atoms with van der Waals surface area (Å²) in [5.41, 5.74) is 0.619. The van der Waals surface area contributed by atoms with Crippen molar-refractivity contribution in [3.8, 4) is 5.75 Å². The molecule has 0 aromatic heterocycles. The van der Waals surface area contributed by atoms with Gasteiger partial charge in [-0.15, -0.1) is 0 Å². The molecule has 0 bridgehead atoms. The van der Waals surface area contributed by atoms with E-state index in [1.807, 2.05) is 32.9 Å². The standard InChI is InChI=1S/C15H23BrN2O3/c1-15(2,3)21-14(20)18-8-4-7-17-10-11-5-6-13(19)12(16)9-11/h5-6,9,17,19H,4,7-8,10H2,1-3H3,(H,18,20). The Balaban J connectivity index is 2.12. The summed E-state index contributed by atoms with van der Waals surface area (Å²) in [6, 6.07) is 5.40. The lowest BCUT2D eigenvalue weighted by atomic mass is 10.2. The van der Waals surface area contributed by atoms with Crippen molar-refractivity contribution in [2.24, 2.45) is 0 Å². The number of benzene rings is 1. The van der Waals surface area contributed by atoms with Crippen molar-refractivity contribution < 1.29 is 14.6 Å². The van der Waals surface area contributed by atoms with E-state index in [0.717, 1.165) is 18.5 Å². The van der Waals surface area contributed by atoms with Gasteiger partial charge in [0, 0.05) is 13.1 Å². The monoisotopic (exact) mass is 358 g/mol. The summed E-state index contributed by atoms with van der Waals surface area (Å²) < 4.78 is 5.83. The molecule has 1 rings (SSSR count). The maximum atomic E-state index is 11.4. The van der Waals surface area contributed by atoms with Gasteiger partial charge in [0.2, 0.25) is 0 Å². The molecule has 0 saturated heterocycles. The predicted octanol–water partition coefficient (Wildman–Crippen LogP) is 3.16. The van der Waals surface area contributed by atoms with Crippen LogP contribution in [0.2, 0.25) is 0 Å². The highest BCUT2D eigenvalue weighted by Gasteiger charge is 2.15. The molecule has 0 aliphatic heterocycles. The Labute approximate surface area is 134 Å². The van der Waals surface area contributed by atoms with Gasteiger partial charge in [-0.3, -0.25) is 0 Å². The highest BCUT2D eigenvalue weighted by Crippen LogP contribution is 2.24. The largest absolute Gasteiger partial charge is 0.507 e. The zero-order valence-corrected chi connectivity index (χ0v) is 14.3. The Morgan fingerprint density at radius 1 is 1.33 bits per heavy atom. The molecule has 0 aliphatic carbocycles. The minimum atomic E-state index is -0.464. The molecular formula is C15H23BrN2O3. The summed E-state index contributed by atoms with van der Waals surface area (Å²) in [4.78, 5) is 11.4. The van der Waals surface area contributed by atoms with Gasteiger partial charge < -0.3 is 20.5 Å². The van der Waals surface area contributed by atoms with Crippen molar-refractivity contribution in [3.05, 3.63) is 28.2 Å². The molecule has 0 saturated carbocycles. The van der Waals surface area contributed by atoms with E-state index in [0.29, 0.717) is 17.6 Å². The number of rotatable bonds is 6. The maximum Gasteiger partial charge on any atom is 0.407 e. The van der Waals surface area contributed by atoms with Crippen molar-refractivity contribution in [2.45, 2.75) is 39.3 Å². The van der Waals surface area contributed by atoms with Crippen LogP contribution in [0, 0.1) is 0 Å². The van der Waals surface area contributed by atoms with E-state index in [9.17, 15) is 9.90 Å². The lowest BCUT2D eigenvalue weighted by molar-refractivity contribution is 0.0527. The van der Waals surface area contributed by atoms with Gasteiger partial charge in [0.1, 0.15) is 11.4 Å². The molecule has 0 spiro atoms. The number of ether oxygens (including phenoxy) is 1. The normalized spacial score (nSPS) is 11.2. The summed E-state index contributed by atoms with van der Waals surface area (Å²) in [6.07, 6.45) is 0.434. The van der Waals surface area contributed by atoms with Crippen LogP contribution in [-0.2, 0) is 11.3 Å². The van der Waals surface area contributed by atoms with Gasteiger partial charge in [-0.25, -0.2) is 4.79 Å². The summed E-state index contributed by atoms with van der Waals surface area (Å²) in [5, 5.41) is 15.4. The Morgan fingerprint density at radius 2 is 2.05 bits per heavy atom. The van der Waals surface area contributed by atoms with Crippen molar-refractivity contribution >= 4 is 22.0 Å². The van der Waals surface area contributed by atoms with E-state index in [1.165, 1.54) is 0 Å². The Bertz CT molecular complexity index is 472. The SMILES string of the molecule is CC(C)(C)OC(=O)NCCCNCc1ccc(O)c(Br)c1. The van der Waals surface area contributed by atoms with E-state index in [-0.39, 0.29) is 11.8 Å². The van der Waals surface area contributed by atoms with Gasteiger partial charge >= 0.3 is 6.09 Å². The van der Waals surface area contributed by atoms with E-state index in [2.05, 4.69) is 26.6 Å². The predicted molar refractivity (Wildman–Crippen MR) is 86.4 cm³/mol. The second-order valence-corrected chi connectivity index (χ2v) is 6.60. The molecule has 118 valence electrons. The third-order valence-corrected chi connectivity index (χ3v) is 3.17. The number of halogens is 1. The second-order valence-electron chi connectivity index (χ2n) is 5.74. The number of aromatic hydroxyl groups is 1. The summed E-state index contributed by atoms with van der Waals surface area (Å²) in [5.74, 6) is 0.236. The molecule has 0 unspecified atom stereocenters. The van der Waals surface area contributed by atoms with Gasteiger partial charge in [-0.2, -0.15) is 0 Å². The first-order valence-corrected chi connectivity index (χ1v) is 7.72. The topological polar surface area (TPSA) is 70.6 Å². The second kappa shape index (κ2) is 8.24. The van der Waals surface area contributed by atoms with Crippen LogP contribution < -0.4 is 10.6 Å². The van der Waals surface area contributed by atoms with E-state index >= 15 is 0 Å². The lowest BCUT2D eigenvalue weighted by Gasteiger charge is -2.19. The number of phenols is 1. The highest BCUT2D eigenvalue weighted by molar-refractivity contribution is 9.10. The smallest absolute Gasteiger partial charge is 0.407 e. The summed E-state index contributed by atoms with van der Waals surface area (Å²) in [7, 11) is 0. The molecule has 0 fully saturated rings. The van der Waals surface area contributed by atoms with Crippen LogP contribution in [0.4, 0.5) is 4.79 Å². The number of nitrogens with one attached hydrogen (secondary N) is 2. The Kier molecular flexibility index (Phi) is 6.98.